The van der Waals surface area contributed by atoms with E-state index in [2.05, 4.69) is 4.74 Å². The Morgan fingerprint density at radius 1 is 1.12 bits per heavy atom. The number of nitrogens with zero attached hydrogens (tertiary/aromatic N) is 1. The maximum Gasteiger partial charge on any atom is 0.573 e. The van der Waals surface area contributed by atoms with Crippen molar-refractivity contribution in [3.8, 4) is 11.5 Å². The summed E-state index contributed by atoms with van der Waals surface area (Å²) in [5.41, 5.74) is 7.88. The number of rotatable bonds is 7. The maximum atomic E-state index is 12.9. The van der Waals surface area contributed by atoms with E-state index in [1.54, 1.807) is 28.8 Å². The van der Waals surface area contributed by atoms with Gasteiger partial charge < -0.3 is 24.9 Å². The average Bonchev–Trinajstić information content (AvgIpc) is 3.26. The fourth-order valence-electron chi connectivity index (χ4n) is 4.27. The van der Waals surface area contributed by atoms with Gasteiger partial charge in [0.25, 0.3) is 0 Å². The van der Waals surface area contributed by atoms with Crippen LogP contribution in [0.4, 0.5) is 13.2 Å². The third kappa shape index (κ3) is 4.08. The number of nitrogens with two attached hydrogens (primary N) is 1. The zero-order chi connectivity index (χ0) is 23.0. The first-order valence-electron chi connectivity index (χ1n) is 9.77. The number of para-hydroxylation sites is 1. The molecule has 0 saturated heterocycles. The fourth-order valence-corrected chi connectivity index (χ4v) is 4.27. The lowest BCUT2D eigenvalue weighted by atomic mass is 9.99. The van der Waals surface area contributed by atoms with Crippen molar-refractivity contribution in [1.82, 2.24) is 4.57 Å². The number of fused-ring (bicyclic) bond motifs is 3. The molecule has 1 aliphatic rings. The molecule has 1 aromatic heterocycles. The van der Waals surface area contributed by atoms with Gasteiger partial charge in [0.05, 0.1) is 18.0 Å². The molecule has 168 valence electrons. The van der Waals surface area contributed by atoms with Crippen molar-refractivity contribution < 1.29 is 37.3 Å². The number of hydrogen-bond acceptors (Lipinski definition) is 4. The number of amides is 1. The molecule has 4 rings (SSSR count). The number of aromatic nitrogens is 1. The fraction of sp³-hybridized carbons (Fsp3) is 0.273. The Balaban J connectivity index is 1.86. The van der Waals surface area contributed by atoms with Gasteiger partial charge in [-0.15, -0.1) is 13.2 Å². The highest BCUT2D eigenvalue weighted by molar-refractivity contribution is 5.97. The van der Waals surface area contributed by atoms with Crippen LogP contribution in [0, 0.1) is 0 Å². The molecular weight excluding hydrogens is 429 g/mol. The highest BCUT2D eigenvalue weighted by atomic mass is 19.4. The monoisotopic (exact) mass is 448 g/mol. The van der Waals surface area contributed by atoms with Crippen molar-refractivity contribution in [3.05, 3.63) is 59.3 Å². The van der Waals surface area contributed by atoms with Gasteiger partial charge in [-0.1, -0.05) is 24.3 Å². The number of alkyl halides is 3. The lowest BCUT2D eigenvalue weighted by molar-refractivity contribution is -0.274. The number of benzene rings is 2. The molecule has 3 N–H and O–H groups in total. The van der Waals surface area contributed by atoms with Crippen molar-refractivity contribution in [2.24, 2.45) is 5.73 Å². The van der Waals surface area contributed by atoms with Gasteiger partial charge in [0, 0.05) is 16.6 Å². The molecule has 32 heavy (non-hydrogen) atoms. The lowest BCUT2D eigenvalue weighted by Gasteiger charge is -2.16. The Hall–Kier alpha value is -3.69. The molecule has 0 fully saturated rings. The Labute approximate surface area is 180 Å². The second kappa shape index (κ2) is 8.10. The van der Waals surface area contributed by atoms with Crippen molar-refractivity contribution >= 4 is 22.8 Å². The summed E-state index contributed by atoms with van der Waals surface area (Å²) in [5, 5.41) is 9.53. The predicted octanol–water partition coefficient (Wildman–Crippen LogP) is 3.57. The van der Waals surface area contributed by atoms with Crippen molar-refractivity contribution in [1.29, 1.82) is 0 Å². The van der Waals surface area contributed by atoms with Gasteiger partial charge in [-0.25, -0.2) is 4.79 Å². The smallest absolute Gasteiger partial charge is 0.481 e. The van der Waals surface area contributed by atoms with Crippen LogP contribution in [0.3, 0.4) is 0 Å². The van der Waals surface area contributed by atoms with Gasteiger partial charge in [0.2, 0.25) is 5.91 Å². The van der Waals surface area contributed by atoms with E-state index in [9.17, 15) is 22.8 Å². The highest BCUT2D eigenvalue weighted by Gasteiger charge is 2.35. The van der Waals surface area contributed by atoms with Crippen LogP contribution in [0.5, 0.6) is 11.5 Å². The van der Waals surface area contributed by atoms with Crippen molar-refractivity contribution in [3.63, 3.8) is 0 Å². The van der Waals surface area contributed by atoms with E-state index in [0.717, 1.165) is 5.69 Å². The van der Waals surface area contributed by atoms with E-state index in [1.165, 1.54) is 18.2 Å². The number of halogens is 3. The van der Waals surface area contributed by atoms with Gasteiger partial charge >= 0.3 is 12.3 Å². The van der Waals surface area contributed by atoms with Crippen molar-refractivity contribution in [2.45, 2.75) is 31.7 Å². The number of aliphatic carboxylic acids is 1. The van der Waals surface area contributed by atoms with Crippen LogP contribution in [0.1, 0.15) is 29.2 Å². The van der Waals surface area contributed by atoms with E-state index in [0.29, 0.717) is 34.9 Å². The molecule has 10 heteroatoms. The minimum absolute atomic E-state index is 0.0476. The standard InChI is InChI=1S/C22H19F3N2O5/c23-22(24,25)32-16-6-2-1-4-12(16)10-27-14-5-3-7-17(31-11-18(28)29)20(14)19-13(21(26)30)8-9-15(19)27/h1-7,13H,8-11H2,(H2,26,30)(H,28,29). The number of hydrogen-bond donors (Lipinski definition) is 2. The van der Waals surface area contributed by atoms with Crippen LogP contribution in [-0.4, -0.2) is 34.5 Å². The zero-order valence-electron chi connectivity index (χ0n) is 16.7. The lowest BCUT2D eigenvalue weighted by Crippen LogP contribution is -2.19. The predicted molar refractivity (Wildman–Crippen MR) is 108 cm³/mol. The summed E-state index contributed by atoms with van der Waals surface area (Å²) in [6.45, 7) is -0.533. The summed E-state index contributed by atoms with van der Waals surface area (Å²) in [7, 11) is 0. The summed E-state index contributed by atoms with van der Waals surface area (Å²) in [6, 6.07) is 10.8. The van der Waals surface area contributed by atoms with Crippen molar-refractivity contribution in [2.75, 3.05) is 6.61 Å². The normalized spacial score (nSPS) is 15.5. The molecular formula is C22H19F3N2O5. The molecule has 2 aromatic carbocycles. The van der Waals surface area contributed by atoms with E-state index in [-0.39, 0.29) is 18.0 Å². The largest absolute Gasteiger partial charge is 0.573 e. The van der Waals surface area contributed by atoms with Gasteiger partial charge in [-0.2, -0.15) is 0 Å². The van der Waals surface area contributed by atoms with Crippen LogP contribution in [0.15, 0.2) is 42.5 Å². The molecule has 0 bridgehead atoms. The Morgan fingerprint density at radius 3 is 2.53 bits per heavy atom. The molecule has 1 heterocycles. The summed E-state index contributed by atoms with van der Waals surface area (Å²) < 4.78 is 50.1. The van der Waals surface area contributed by atoms with Gasteiger partial charge in [-0.3, -0.25) is 4.79 Å². The quantitative estimate of drug-likeness (QED) is 0.575. The van der Waals surface area contributed by atoms with Crippen LogP contribution < -0.4 is 15.2 Å². The van der Waals surface area contributed by atoms with Gasteiger partial charge in [0.1, 0.15) is 11.5 Å². The van der Waals surface area contributed by atoms with Crippen LogP contribution in [0.2, 0.25) is 0 Å². The third-order valence-electron chi connectivity index (χ3n) is 5.44. The first kappa shape index (κ1) is 21.5. The van der Waals surface area contributed by atoms with Crippen LogP contribution in [0.25, 0.3) is 10.9 Å². The summed E-state index contributed by atoms with van der Waals surface area (Å²) in [6.07, 6.45) is -3.91. The number of carboxylic acids is 1. The second-order valence-corrected chi connectivity index (χ2v) is 7.43. The zero-order valence-corrected chi connectivity index (χ0v) is 16.7. The first-order chi connectivity index (χ1) is 15.2. The molecule has 1 atom stereocenters. The first-order valence-corrected chi connectivity index (χ1v) is 9.77. The average molecular weight is 448 g/mol. The third-order valence-corrected chi connectivity index (χ3v) is 5.44. The Kier molecular flexibility index (Phi) is 5.45. The Morgan fingerprint density at radius 2 is 1.84 bits per heavy atom. The second-order valence-electron chi connectivity index (χ2n) is 7.43. The number of carboxylic acid groups (broad SMARTS) is 1. The van der Waals surface area contributed by atoms with E-state index in [1.807, 2.05) is 0 Å². The number of carbonyl (C=O) groups excluding carboxylic acids is 1. The topological polar surface area (TPSA) is 104 Å². The molecule has 0 spiro atoms. The summed E-state index contributed by atoms with van der Waals surface area (Å²) in [5.74, 6) is -2.35. The number of primary amides is 1. The maximum absolute atomic E-state index is 12.9. The van der Waals surface area contributed by atoms with Crippen LogP contribution >= 0.6 is 0 Å². The number of ether oxygens (including phenoxy) is 2. The molecule has 0 radical (unpaired) electrons. The summed E-state index contributed by atoms with van der Waals surface area (Å²) >= 11 is 0. The molecule has 0 saturated carbocycles. The summed E-state index contributed by atoms with van der Waals surface area (Å²) in [4.78, 5) is 23.1. The van der Waals surface area contributed by atoms with Crippen LogP contribution in [-0.2, 0) is 22.6 Å². The van der Waals surface area contributed by atoms with Gasteiger partial charge in [-0.05, 0) is 36.6 Å². The molecule has 1 unspecified atom stereocenters. The Bertz CT molecular complexity index is 1200. The molecule has 0 aliphatic heterocycles. The van der Waals surface area contributed by atoms with E-state index in [4.69, 9.17) is 15.6 Å². The minimum Gasteiger partial charge on any atom is -0.481 e. The van der Waals surface area contributed by atoms with E-state index < -0.39 is 30.8 Å². The minimum atomic E-state index is -4.84. The molecule has 1 amide bonds. The molecule has 7 nitrogen and oxygen atoms in total. The highest BCUT2D eigenvalue weighted by Crippen LogP contribution is 2.45. The van der Waals surface area contributed by atoms with E-state index >= 15 is 0 Å². The molecule has 1 aliphatic carbocycles. The SMILES string of the molecule is NC(=O)C1CCc2c1c1c(OCC(=O)O)cccc1n2Cc1ccccc1OC(F)(F)F. The number of carbonyl (C=O) groups is 2. The molecule has 3 aromatic rings. The van der Waals surface area contributed by atoms with Gasteiger partial charge in [0.15, 0.2) is 6.61 Å².